The Morgan fingerprint density at radius 2 is 2.21 bits per heavy atom. The van der Waals surface area contributed by atoms with Crippen LogP contribution in [0.3, 0.4) is 0 Å². The van der Waals surface area contributed by atoms with Crippen molar-refractivity contribution in [3.05, 3.63) is 17.5 Å². The molecule has 1 aliphatic carbocycles. The molecule has 0 saturated heterocycles. The fourth-order valence-electron chi connectivity index (χ4n) is 2.58. The molecule has 1 aromatic heterocycles. The molecule has 1 saturated carbocycles. The second kappa shape index (κ2) is 6.14. The average Bonchev–Trinajstić information content (AvgIpc) is 2.83. The van der Waals surface area contributed by atoms with E-state index in [9.17, 15) is 4.79 Å². The average molecular weight is 281 g/mol. The lowest BCUT2D eigenvalue weighted by atomic mass is 9.84. The minimum Gasteiger partial charge on any atom is -0.392 e. The maximum atomic E-state index is 12.1. The Bertz CT molecular complexity index is 466. The van der Waals surface area contributed by atoms with Gasteiger partial charge in [0.2, 0.25) is 0 Å². The van der Waals surface area contributed by atoms with Crippen LogP contribution in [0.4, 0.5) is 0 Å². The number of amides is 1. The zero-order valence-corrected chi connectivity index (χ0v) is 11.8. The van der Waals surface area contributed by atoms with Gasteiger partial charge in [0.05, 0.1) is 11.0 Å². The van der Waals surface area contributed by atoms with Crippen molar-refractivity contribution in [1.82, 2.24) is 10.5 Å². The van der Waals surface area contributed by atoms with Crippen molar-refractivity contribution in [3.63, 3.8) is 0 Å². The molecule has 0 aromatic carbocycles. The highest BCUT2D eigenvalue weighted by Gasteiger charge is 2.28. The topological polar surface area (TPSA) is 81.2 Å². The van der Waals surface area contributed by atoms with Gasteiger partial charge in [-0.1, -0.05) is 36.6 Å². The molecular formula is C13H19N3O2S. The minimum atomic E-state index is -0.278. The predicted octanol–water partition coefficient (Wildman–Crippen LogP) is 1.95. The number of hydrogen-bond acceptors (Lipinski definition) is 4. The maximum absolute atomic E-state index is 12.1. The van der Waals surface area contributed by atoms with Gasteiger partial charge in [0.25, 0.3) is 5.91 Å². The molecule has 2 rings (SSSR count). The molecule has 1 atom stereocenters. The normalized spacial score (nSPS) is 17.9. The Kier molecular flexibility index (Phi) is 4.52. The Labute approximate surface area is 117 Å². The Balaban J connectivity index is 2.04. The number of rotatable bonds is 4. The maximum Gasteiger partial charge on any atom is 0.274 e. The van der Waals surface area contributed by atoms with Crippen LogP contribution >= 0.6 is 12.2 Å². The molecule has 1 unspecified atom stereocenters. The Hall–Kier alpha value is -1.43. The number of aryl methyl sites for hydroxylation is 1. The van der Waals surface area contributed by atoms with Crippen LogP contribution in [0.1, 0.15) is 48.4 Å². The lowest BCUT2D eigenvalue weighted by Crippen LogP contribution is -2.48. The number of aromatic nitrogens is 1. The summed E-state index contributed by atoms with van der Waals surface area (Å²) in [5, 5.41) is 6.59. The van der Waals surface area contributed by atoms with E-state index in [1.54, 1.807) is 13.0 Å². The van der Waals surface area contributed by atoms with Crippen LogP contribution in [0, 0.1) is 12.8 Å². The SMILES string of the molecule is Cc1cc(C(=O)NC(C(N)=S)C2CCCCC2)no1. The molecule has 5 nitrogen and oxygen atoms in total. The van der Waals surface area contributed by atoms with Crippen LogP contribution < -0.4 is 11.1 Å². The van der Waals surface area contributed by atoms with Gasteiger partial charge in [0.15, 0.2) is 5.69 Å². The second-order valence-electron chi connectivity index (χ2n) is 5.07. The van der Waals surface area contributed by atoms with Crippen molar-refractivity contribution in [2.75, 3.05) is 0 Å². The lowest BCUT2D eigenvalue weighted by Gasteiger charge is -2.29. The van der Waals surface area contributed by atoms with E-state index < -0.39 is 0 Å². The van der Waals surface area contributed by atoms with Crippen LogP contribution in [-0.4, -0.2) is 22.1 Å². The third-order valence-electron chi connectivity index (χ3n) is 3.57. The molecule has 6 heteroatoms. The van der Waals surface area contributed by atoms with Crippen molar-refractivity contribution in [2.45, 2.75) is 45.1 Å². The highest BCUT2D eigenvalue weighted by molar-refractivity contribution is 7.80. The summed E-state index contributed by atoms with van der Waals surface area (Å²) in [6, 6.07) is 1.35. The van der Waals surface area contributed by atoms with E-state index in [-0.39, 0.29) is 17.6 Å². The first-order chi connectivity index (χ1) is 9.08. The van der Waals surface area contributed by atoms with E-state index in [2.05, 4.69) is 10.5 Å². The van der Waals surface area contributed by atoms with Crippen LogP contribution in [-0.2, 0) is 0 Å². The van der Waals surface area contributed by atoms with Gasteiger partial charge < -0.3 is 15.6 Å². The van der Waals surface area contributed by atoms with E-state index in [1.807, 2.05) is 0 Å². The molecule has 1 aromatic rings. The van der Waals surface area contributed by atoms with Crippen molar-refractivity contribution in [3.8, 4) is 0 Å². The number of thiocarbonyl (C=S) groups is 1. The summed E-state index contributed by atoms with van der Waals surface area (Å²) < 4.78 is 4.90. The smallest absolute Gasteiger partial charge is 0.274 e. The third-order valence-corrected chi connectivity index (χ3v) is 3.83. The van der Waals surface area contributed by atoms with Crippen LogP contribution in [0.25, 0.3) is 0 Å². The van der Waals surface area contributed by atoms with E-state index in [0.717, 1.165) is 12.8 Å². The van der Waals surface area contributed by atoms with E-state index in [1.165, 1.54) is 19.3 Å². The molecule has 0 spiro atoms. The van der Waals surface area contributed by atoms with Crippen molar-refractivity contribution < 1.29 is 9.32 Å². The number of nitrogens with two attached hydrogens (primary N) is 1. The van der Waals surface area contributed by atoms with E-state index in [4.69, 9.17) is 22.5 Å². The van der Waals surface area contributed by atoms with Crippen molar-refractivity contribution in [1.29, 1.82) is 0 Å². The standard InChI is InChI=1S/C13H19N3O2S/c1-8-7-10(16-18-8)13(17)15-11(12(14)19)9-5-3-2-4-6-9/h7,9,11H,2-6H2,1H3,(H2,14,19)(H,15,17). The second-order valence-corrected chi connectivity index (χ2v) is 5.55. The van der Waals surface area contributed by atoms with Gasteiger partial charge in [-0.25, -0.2) is 0 Å². The molecule has 0 aliphatic heterocycles. The summed E-state index contributed by atoms with van der Waals surface area (Å²) in [6.45, 7) is 1.75. The van der Waals surface area contributed by atoms with E-state index >= 15 is 0 Å². The molecule has 0 bridgehead atoms. The number of hydrogen-bond donors (Lipinski definition) is 2. The summed E-state index contributed by atoms with van der Waals surface area (Å²) in [6.07, 6.45) is 5.70. The van der Waals surface area contributed by atoms with Gasteiger partial charge in [-0.2, -0.15) is 0 Å². The van der Waals surface area contributed by atoms with Gasteiger partial charge in [-0.15, -0.1) is 0 Å². The van der Waals surface area contributed by atoms with Gasteiger partial charge >= 0.3 is 0 Å². The van der Waals surface area contributed by atoms with Gasteiger partial charge in [0.1, 0.15) is 5.76 Å². The molecular weight excluding hydrogens is 262 g/mol. The molecule has 1 amide bonds. The molecule has 19 heavy (non-hydrogen) atoms. The van der Waals surface area contributed by atoms with Crippen LogP contribution in [0.2, 0.25) is 0 Å². The minimum absolute atomic E-state index is 0.250. The summed E-state index contributed by atoms with van der Waals surface area (Å²) >= 11 is 5.09. The summed E-state index contributed by atoms with van der Waals surface area (Å²) in [5.41, 5.74) is 6.04. The van der Waals surface area contributed by atoms with Crippen LogP contribution in [0.15, 0.2) is 10.6 Å². The van der Waals surface area contributed by atoms with Gasteiger partial charge in [0, 0.05) is 6.07 Å². The zero-order chi connectivity index (χ0) is 13.8. The number of nitrogens with one attached hydrogen (secondary N) is 1. The van der Waals surface area contributed by atoms with Crippen molar-refractivity contribution >= 4 is 23.1 Å². The summed E-state index contributed by atoms with van der Waals surface area (Å²) in [5.74, 6) is 0.665. The van der Waals surface area contributed by atoms with Gasteiger partial charge in [-0.3, -0.25) is 4.79 Å². The zero-order valence-electron chi connectivity index (χ0n) is 11.0. The molecule has 1 fully saturated rings. The number of carbonyl (C=O) groups is 1. The highest BCUT2D eigenvalue weighted by Crippen LogP contribution is 2.26. The Morgan fingerprint density at radius 3 is 2.74 bits per heavy atom. The first-order valence-corrected chi connectivity index (χ1v) is 7.02. The van der Waals surface area contributed by atoms with Crippen LogP contribution in [0.5, 0.6) is 0 Å². The van der Waals surface area contributed by atoms with Gasteiger partial charge in [-0.05, 0) is 25.7 Å². The predicted molar refractivity (Wildman–Crippen MR) is 75.9 cm³/mol. The molecule has 3 N–H and O–H groups in total. The largest absolute Gasteiger partial charge is 0.392 e. The molecule has 104 valence electrons. The van der Waals surface area contributed by atoms with Crippen molar-refractivity contribution in [2.24, 2.45) is 11.7 Å². The monoisotopic (exact) mass is 281 g/mol. The Morgan fingerprint density at radius 1 is 1.53 bits per heavy atom. The highest BCUT2D eigenvalue weighted by atomic mass is 32.1. The van der Waals surface area contributed by atoms with E-state index in [0.29, 0.717) is 16.7 Å². The number of carbonyl (C=O) groups excluding carboxylic acids is 1. The molecule has 0 radical (unpaired) electrons. The molecule has 1 heterocycles. The number of nitrogens with zero attached hydrogens (tertiary/aromatic N) is 1. The fourth-order valence-corrected chi connectivity index (χ4v) is 2.83. The first-order valence-electron chi connectivity index (χ1n) is 6.61. The fraction of sp³-hybridized carbons (Fsp3) is 0.615. The third kappa shape index (κ3) is 3.53. The lowest BCUT2D eigenvalue weighted by molar-refractivity contribution is 0.0922. The molecule has 1 aliphatic rings. The first kappa shape index (κ1) is 14.0. The summed E-state index contributed by atoms with van der Waals surface area (Å²) in [4.78, 5) is 12.4. The quantitative estimate of drug-likeness (QED) is 0.824. The summed E-state index contributed by atoms with van der Waals surface area (Å²) in [7, 11) is 0.